The molecule has 1 aromatic carbocycles. The Labute approximate surface area is 83.9 Å². The highest BCUT2D eigenvalue weighted by Gasteiger charge is 2.24. The van der Waals surface area contributed by atoms with Gasteiger partial charge in [-0.05, 0) is 18.4 Å². The molecule has 1 unspecified atom stereocenters. The minimum atomic E-state index is -0.143. The summed E-state index contributed by atoms with van der Waals surface area (Å²) in [6, 6.07) is 10.2. The molecule has 1 saturated heterocycles. The zero-order valence-corrected chi connectivity index (χ0v) is 8.11. The van der Waals surface area contributed by atoms with E-state index in [1.807, 2.05) is 18.2 Å². The Hall–Kier alpha value is -1.15. The van der Waals surface area contributed by atoms with Crippen molar-refractivity contribution < 1.29 is 9.53 Å². The van der Waals surface area contributed by atoms with Crippen LogP contribution in [0.3, 0.4) is 0 Å². The summed E-state index contributed by atoms with van der Waals surface area (Å²) in [5.41, 5.74) is 1.27. The van der Waals surface area contributed by atoms with Crippen LogP contribution in [0, 0.1) is 0 Å². The molecular formula is C12H14O2. The van der Waals surface area contributed by atoms with E-state index >= 15 is 0 Å². The molecular weight excluding hydrogens is 176 g/mol. The number of carbonyl (C=O) groups is 1. The maximum atomic E-state index is 11.3. The Kier molecular flexibility index (Phi) is 2.94. The number of benzene rings is 1. The Morgan fingerprint density at radius 1 is 1.29 bits per heavy atom. The van der Waals surface area contributed by atoms with Crippen molar-refractivity contribution in [3.8, 4) is 0 Å². The van der Waals surface area contributed by atoms with Crippen LogP contribution in [0.25, 0.3) is 0 Å². The Balaban J connectivity index is 1.85. The topological polar surface area (TPSA) is 26.3 Å². The van der Waals surface area contributed by atoms with E-state index in [0.29, 0.717) is 13.0 Å². The smallest absolute Gasteiger partial charge is 0.163 e. The SMILES string of the molecule is O=C1CCOC1CCc1ccccc1. The largest absolute Gasteiger partial charge is 0.370 e. The standard InChI is InChI=1S/C12H14O2/c13-11-8-9-14-12(11)7-6-10-4-2-1-3-5-10/h1-5,12H,6-9H2. The quantitative estimate of drug-likeness (QED) is 0.728. The van der Waals surface area contributed by atoms with E-state index in [4.69, 9.17) is 4.74 Å². The van der Waals surface area contributed by atoms with Gasteiger partial charge in [-0.2, -0.15) is 0 Å². The molecule has 0 bridgehead atoms. The highest BCUT2D eigenvalue weighted by atomic mass is 16.5. The Morgan fingerprint density at radius 2 is 2.07 bits per heavy atom. The van der Waals surface area contributed by atoms with E-state index in [9.17, 15) is 4.79 Å². The average molecular weight is 190 g/mol. The molecule has 0 saturated carbocycles. The van der Waals surface area contributed by atoms with Crippen LogP contribution in [0.2, 0.25) is 0 Å². The number of Topliss-reactive ketones (excluding diaryl/α,β-unsaturated/α-hetero) is 1. The summed E-state index contributed by atoms with van der Waals surface area (Å²) < 4.78 is 5.34. The van der Waals surface area contributed by atoms with Gasteiger partial charge in [0.25, 0.3) is 0 Å². The zero-order valence-electron chi connectivity index (χ0n) is 8.11. The lowest BCUT2D eigenvalue weighted by Gasteiger charge is -2.07. The highest BCUT2D eigenvalue weighted by molar-refractivity contribution is 5.84. The van der Waals surface area contributed by atoms with E-state index in [1.54, 1.807) is 0 Å². The first-order chi connectivity index (χ1) is 6.86. The molecule has 1 atom stereocenters. The fourth-order valence-corrected chi connectivity index (χ4v) is 1.74. The van der Waals surface area contributed by atoms with Gasteiger partial charge in [-0.15, -0.1) is 0 Å². The third-order valence-electron chi connectivity index (χ3n) is 2.56. The normalized spacial score (nSPS) is 21.4. The first kappa shape index (κ1) is 9.41. The number of aryl methyl sites for hydroxylation is 1. The number of hydrogen-bond donors (Lipinski definition) is 0. The van der Waals surface area contributed by atoms with Crippen LogP contribution in [-0.4, -0.2) is 18.5 Å². The van der Waals surface area contributed by atoms with E-state index in [1.165, 1.54) is 5.56 Å². The molecule has 1 aromatic rings. The van der Waals surface area contributed by atoms with Crippen molar-refractivity contribution in [2.75, 3.05) is 6.61 Å². The number of hydrogen-bond acceptors (Lipinski definition) is 2. The molecule has 1 aliphatic rings. The molecule has 0 amide bonds. The summed E-state index contributed by atoms with van der Waals surface area (Å²) >= 11 is 0. The van der Waals surface area contributed by atoms with Crippen molar-refractivity contribution in [2.24, 2.45) is 0 Å². The van der Waals surface area contributed by atoms with Gasteiger partial charge in [-0.25, -0.2) is 0 Å². The fourth-order valence-electron chi connectivity index (χ4n) is 1.74. The zero-order chi connectivity index (χ0) is 9.80. The second-order valence-electron chi connectivity index (χ2n) is 3.60. The minimum Gasteiger partial charge on any atom is -0.370 e. The van der Waals surface area contributed by atoms with Gasteiger partial charge >= 0.3 is 0 Å². The first-order valence-electron chi connectivity index (χ1n) is 5.04. The van der Waals surface area contributed by atoms with Gasteiger partial charge in [-0.1, -0.05) is 30.3 Å². The third-order valence-corrected chi connectivity index (χ3v) is 2.56. The Morgan fingerprint density at radius 3 is 2.71 bits per heavy atom. The molecule has 2 rings (SSSR count). The van der Waals surface area contributed by atoms with Gasteiger partial charge in [0.15, 0.2) is 5.78 Å². The number of ether oxygens (including phenoxy) is 1. The van der Waals surface area contributed by atoms with Gasteiger partial charge in [0.2, 0.25) is 0 Å². The van der Waals surface area contributed by atoms with Crippen molar-refractivity contribution >= 4 is 5.78 Å². The number of rotatable bonds is 3. The van der Waals surface area contributed by atoms with Crippen molar-refractivity contribution in [2.45, 2.75) is 25.4 Å². The molecule has 1 aliphatic heterocycles. The van der Waals surface area contributed by atoms with E-state index < -0.39 is 0 Å². The maximum Gasteiger partial charge on any atom is 0.163 e. The summed E-state index contributed by atoms with van der Waals surface area (Å²) in [7, 11) is 0. The van der Waals surface area contributed by atoms with Gasteiger partial charge in [0.05, 0.1) is 6.61 Å². The van der Waals surface area contributed by atoms with Gasteiger partial charge in [0, 0.05) is 6.42 Å². The molecule has 74 valence electrons. The molecule has 0 aliphatic carbocycles. The van der Waals surface area contributed by atoms with Crippen molar-refractivity contribution in [3.05, 3.63) is 35.9 Å². The monoisotopic (exact) mass is 190 g/mol. The van der Waals surface area contributed by atoms with Crippen molar-refractivity contribution in [3.63, 3.8) is 0 Å². The average Bonchev–Trinajstić information content (AvgIpc) is 2.63. The molecule has 0 aromatic heterocycles. The molecule has 0 spiro atoms. The second-order valence-corrected chi connectivity index (χ2v) is 3.60. The van der Waals surface area contributed by atoms with Gasteiger partial charge < -0.3 is 4.74 Å². The lowest BCUT2D eigenvalue weighted by Crippen LogP contribution is -2.15. The molecule has 0 radical (unpaired) electrons. The number of ketones is 1. The van der Waals surface area contributed by atoms with Gasteiger partial charge in [0.1, 0.15) is 6.10 Å². The predicted octanol–water partition coefficient (Wildman–Crippen LogP) is 1.98. The van der Waals surface area contributed by atoms with Crippen LogP contribution in [0.5, 0.6) is 0 Å². The summed E-state index contributed by atoms with van der Waals surface area (Å²) in [5, 5.41) is 0. The molecule has 1 fully saturated rings. The summed E-state index contributed by atoms with van der Waals surface area (Å²) in [6.45, 7) is 0.609. The van der Waals surface area contributed by atoms with Gasteiger partial charge in [-0.3, -0.25) is 4.79 Å². The van der Waals surface area contributed by atoms with Crippen LogP contribution < -0.4 is 0 Å². The summed E-state index contributed by atoms with van der Waals surface area (Å²) in [6.07, 6.45) is 2.20. The van der Waals surface area contributed by atoms with Crippen LogP contribution in [0.15, 0.2) is 30.3 Å². The Bertz CT molecular complexity index is 305. The molecule has 2 nitrogen and oxygen atoms in total. The summed E-state index contributed by atoms with van der Waals surface area (Å²) in [4.78, 5) is 11.3. The van der Waals surface area contributed by atoms with E-state index in [2.05, 4.69) is 12.1 Å². The van der Waals surface area contributed by atoms with E-state index in [0.717, 1.165) is 12.8 Å². The molecule has 2 heteroatoms. The lowest BCUT2D eigenvalue weighted by atomic mass is 10.0. The predicted molar refractivity (Wildman–Crippen MR) is 54.1 cm³/mol. The fraction of sp³-hybridized carbons (Fsp3) is 0.417. The second kappa shape index (κ2) is 4.38. The molecule has 0 N–H and O–H groups in total. The van der Waals surface area contributed by atoms with Crippen LogP contribution in [0.1, 0.15) is 18.4 Å². The lowest BCUT2D eigenvalue weighted by molar-refractivity contribution is -0.122. The molecule has 14 heavy (non-hydrogen) atoms. The summed E-state index contributed by atoms with van der Waals surface area (Å²) in [5.74, 6) is 0.265. The maximum absolute atomic E-state index is 11.3. The molecule has 1 heterocycles. The minimum absolute atomic E-state index is 0.143. The van der Waals surface area contributed by atoms with E-state index in [-0.39, 0.29) is 11.9 Å². The van der Waals surface area contributed by atoms with Crippen molar-refractivity contribution in [1.82, 2.24) is 0 Å². The first-order valence-corrected chi connectivity index (χ1v) is 5.04. The van der Waals surface area contributed by atoms with Crippen molar-refractivity contribution in [1.29, 1.82) is 0 Å². The third kappa shape index (κ3) is 2.20. The van der Waals surface area contributed by atoms with Crippen LogP contribution >= 0.6 is 0 Å². The number of carbonyl (C=O) groups excluding carboxylic acids is 1. The van der Waals surface area contributed by atoms with Crippen LogP contribution in [-0.2, 0) is 16.0 Å². The van der Waals surface area contributed by atoms with Crippen LogP contribution in [0.4, 0.5) is 0 Å². The highest BCUT2D eigenvalue weighted by Crippen LogP contribution is 2.14.